The smallest absolute Gasteiger partial charge is 0.321 e. The van der Waals surface area contributed by atoms with Gasteiger partial charge in [-0.2, -0.15) is 0 Å². The molecule has 0 bridgehead atoms. The van der Waals surface area contributed by atoms with E-state index in [9.17, 15) is 9.59 Å². The molecule has 2 aliphatic rings. The third-order valence-electron chi connectivity index (χ3n) is 6.08. The Hall–Kier alpha value is -1.92. The Labute approximate surface area is 162 Å². The number of imide groups is 1. The van der Waals surface area contributed by atoms with Crippen LogP contribution < -0.4 is 20.4 Å². The summed E-state index contributed by atoms with van der Waals surface area (Å²) >= 11 is 0. The van der Waals surface area contributed by atoms with Gasteiger partial charge < -0.3 is 15.1 Å². The van der Waals surface area contributed by atoms with Crippen LogP contribution in [0.25, 0.3) is 0 Å². The van der Waals surface area contributed by atoms with Gasteiger partial charge in [0.05, 0.1) is 0 Å². The van der Waals surface area contributed by atoms with Gasteiger partial charge in [0.15, 0.2) is 6.04 Å². The molecule has 6 nitrogen and oxygen atoms in total. The Morgan fingerprint density at radius 2 is 1.70 bits per heavy atom. The summed E-state index contributed by atoms with van der Waals surface area (Å²) in [7, 11) is 0. The lowest BCUT2D eigenvalue weighted by Crippen LogP contribution is -3.29. The lowest BCUT2D eigenvalue weighted by molar-refractivity contribution is -1.02. The van der Waals surface area contributed by atoms with E-state index in [2.05, 4.69) is 34.9 Å². The average molecular weight is 375 g/mol. The summed E-state index contributed by atoms with van der Waals surface area (Å²) in [4.78, 5) is 27.4. The molecule has 6 heteroatoms. The predicted octanol–water partition coefficient (Wildman–Crippen LogP) is -0.483. The van der Waals surface area contributed by atoms with Gasteiger partial charge >= 0.3 is 6.03 Å². The van der Waals surface area contributed by atoms with Crippen molar-refractivity contribution in [2.24, 2.45) is 0 Å². The minimum absolute atomic E-state index is 0.162. The average Bonchev–Trinajstić information content (AvgIpc) is 2.69. The number of carbonyl (C=O) groups excluding carboxylic acids is 2. The van der Waals surface area contributed by atoms with Gasteiger partial charge in [-0.1, -0.05) is 49.6 Å². The van der Waals surface area contributed by atoms with Crippen LogP contribution in [0.2, 0.25) is 0 Å². The van der Waals surface area contributed by atoms with E-state index in [4.69, 9.17) is 0 Å². The highest BCUT2D eigenvalue weighted by Gasteiger charge is 2.32. The Bertz CT molecular complexity index is 608. The molecule has 1 saturated heterocycles. The first-order valence-corrected chi connectivity index (χ1v) is 10.5. The topological polar surface area (TPSA) is 67.1 Å². The highest BCUT2D eigenvalue weighted by Crippen LogP contribution is 2.17. The fourth-order valence-electron chi connectivity index (χ4n) is 4.29. The number of quaternary nitrogens is 2. The molecule has 2 fully saturated rings. The number of amides is 3. The van der Waals surface area contributed by atoms with Crippen molar-refractivity contribution in [1.82, 2.24) is 10.6 Å². The van der Waals surface area contributed by atoms with E-state index in [1.54, 1.807) is 4.90 Å². The number of rotatable bonds is 5. The number of piperazine rings is 1. The first kappa shape index (κ1) is 19.8. The molecule has 1 aliphatic carbocycles. The number of nitrogens with one attached hydrogen (secondary N) is 4. The fourth-order valence-corrected chi connectivity index (χ4v) is 4.29. The summed E-state index contributed by atoms with van der Waals surface area (Å²) in [6.45, 7) is 6.99. The number of hydrogen-bond acceptors (Lipinski definition) is 2. The van der Waals surface area contributed by atoms with Gasteiger partial charge in [0, 0.05) is 11.6 Å². The predicted molar refractivity (Wildman–Crippen MR) is 105 cm³/mol. The number of urea groups is 1. The van der Waals surface area contributed by atoms with Gasteiger partial charge in [0.25, 0.3) is 5.91 Å². The van der Waals surface area contributed by atoms with Crippen molar-refractivity contribution in [2.45, 2.75) is 57.7 Å². The van der Waals surface area contributed by atoms with Crippen molar-refractivity contribution in [3.8, 4) is 0 Å². The Kier molecular flexibility index (Phi) is 7.24. The molecular formula is C21H34N4O2+2. The van der Waals surface area contributed by atoms with E-state index in [0.717, 1.165) is 58.4 Å². The summed E-state index contributed by atoms with van der Waals surface area (Å²) in [5, 5.41) is 5.52. The van der Waals surface area contributed by atoms with Crippen molar-refractivity contribution in [1.29, 1.82) is 0 Å². The van der Waals surface area contributed by atoms with Crippen molar-refractivity contribution in [3.63, 3.8) is 0 Å². The van der Waals surface area contributed by atoms with Crippen LogP contribution in [0, 0.1) is 0 Å². The van der Waals surface area contributed by atoms with E-state index in [0.29, 0.717) is 0 Å². The summed E-state index contributed by atoms with van der Waals surface area (Å²) in [6.07, 6.45) is 5.62. The third-order valence-corrected chi connectivity index (χ3v) is 6.08. The molecular weight excluding hydrogens is 340 g/mol. The minimum atomic E-state index is -0.327. The third kappa shape index (κ3) is 6.04. The van der Waals surface area contributed by atoms with Crippen LogP contribution in [0.4, 0.5) is 4.79 Å². The molecule has 1 heterocycles. The molecule has 0 radical (unpaired) electrons. The second-order valence-corrected chi connectivity index (χ2v) is 8.09. The summed E-state index contributed by atoms with van der Waals surface area (Å²) in [5.41, 5.74) is 1.36. The largest absolute Gasteiger partial charge is 0.335 e. The van der Waals surface area contributed by atoms with Crippen LogP contribution >= 0.6 is 0 Å². The van der Waals surface area contributed by atoms with E-state index in [1.165, 1.54) is 16.9 Å². The lowest BCUT2D eigenvalue weighted by Gasteiger charge is -2.32. The van der Waals surface area contributed by atoms with Crippen LogP contribution in [0.3, 0.4) is 0 Å². The maximum atomic E-state index is 12.5. The number of hydrogen-bond donors (Lipinski definition) is 4. The zero-order valence-electron chi connectivity index (χ0n) is 16.4. The molecule has 1 saturated carbocycles. The van der Waals surface area contributed by atoms with Crippen LogP contribution in [0.15, 0.2) is 30.3 Å². The molecule has 148 valence electrons. The van der Waals surface area contributed by atoms with Crippen molar-refractivity contribution >= 4 is 11.9 Å². The number of carbonyl (C=O) groups is 2. The first-order chi connectivity index (χ1) is 13.1. The van der Waals surface area contributed by atoms with Gasteiger partial charge in [0.2, 0.25) is 0 Å². The zero-order chi connectivity index (χ0) is 19.1. The normalized spacial score (nSPS) is 24.8. The maximum Gasteiger partial charge on any atom is 0.321 e. The molecule has 3 amide bonds. The second kappa shape index (κ2) is 9.85. The second-order valence-electron chi connectivity index (χ2n) is 8.09. The highest BCUT2D eigenvalue weighted by atomic mass is 16.2. The van der Waals surface area contributed by atoms with Crippen LogP contribution in [-0.2, 0) is 11.3 Å². The van der Waals surface area contributed by atoms with Gasteiger partial charge in [0.1, 0.15) is 32.7 Å². The van der Waals surface area contributed by atoms with Crippen molar-refractivity contribution in [3.05, 3.63) is 35.9 Å². The molecule has 0 unspecified atom stereocenters. The van der Waals surface area contributed by atoms with E-state index in [-0.39, 0.29) is 24.0 Å². The van der Waals surface area contributed by atoms with Crippen molar-refractivity contribution in [2.75, 3.05) is 26.2 Å². The molecule has 4 N–H and O–H groups in total. The standard InChI is InChI=1S/C21H32N4O2/c1-17(20(26)23-21(27)22-19-10-6-3-7-11-19)25-14-12-24(13-15-25)16-18-8-4-2-5-9-18/h2,4-5,8-9,17,19H,3,6-7,10-16H2,1H3,(H2,22,23,26,27)/p+2/t17-/m0/s1. The van der Waals surface area contributed by atoms with Crippen LogP contribution in [0.5, 0.6) is 0 Å². The highest BCUT2D eigenvalue weighted by molar-refractivity contribution is 5.96. The summed E-state index contributed by atoms with van der Waals surface area (Å²) in [5.74, 6) is -0.162. The van der Waals surface area contributed by atoms with Crippen LogP contribution in [0.1, 0.15) is 44.6 Å². The zero-order valence-corrected chi connectivity index (χ0v) is 16.4. The Balaban J connectivity index is 1.39. The van der Waals surface area contributed by atoms with E-state index < -0.39 is 0 Å². The van der Waals surface area contributed by atoms with E-state index >= 15 is 0 Å². The molecule has 1 aliphatic heterocycles. The van der Waals surface area contributed by atoms with Gasteiger partial charge in [-0.25, -0.2) is 4.79 Å². The maximum absolute atomic E-state index is 12.5. The van der Waals surface area contributed by atoms with Crippen LogP contribution in [-0.4, -0.2) is 50.2 Å². The van der Waals surface area contributed by atoms with Gasteiger partial charge in [-0.15, -0.1) is 0 Å². The molecule has 1 aromatic carbocycles. The first-order valence-electron chi connectivity index (χ1n) is 10.5. The molecule has 27 heavy (non-hydrogen) atoms. The Morgan fingerprint density at radius 3 is 2.37 bits per heavy atom. The van der Waals surface area contributed by atoms with Gasteiger partial charge in [-0.05, 0) is 19.8 Å². The fraction of sp³-hybridized carbons (Fsp3) is 0.619. The summed E-state index contributed by atoms with van der Waals surface area (Å²) < 4.78 is 0. The molecule has 1 atom stereocenters. The molecule has 3 rings (SSSR count). The number of benzene rings is 1. The SMILES string of the molecule is C[C@@H](C(=O)NC(=O)NC1CCCCC1)[NH+]1CC[NH+](Cc2ccccc2)CC1. The quantitative estimate of drug-likeness (QED) is 0.562. The molecule has 1 aromatic rings. The van der Waals surface area contributed by atoms with E-state index in [1.807, 2.05) is 13.0 Å². The molecule has 0 aromatic heterocycles. The lowest BCUT2D eigenvalue weighted by atomic mass is 9.96. The minimum Gasteiger partial charge on any atom is -0.335 e. The van der Waals surface area contributed by atoms with Crippen molar-refractivity contribution < 1.29 is 19.4 Å². The van der Waals surface area contributed by atoms with Gasteiger partial charge in [-0.3, -0.25) is 10.1 Å². The monoisotopic (exact) mass is 374 g/mol. The summed E-state index contributed by atoms with van der Waals surface area (Å²) in [6, 6.07) is 10.3. The Morgan fingerprint density at radius 1 is 1.04 bits per heavy atom. The molecule has 0 spiro atoms.